The quantitative estimate of drug-likeness (QED) is 0.596. The molecule has 0 fully saturated rings. The van der Waals surface area contributed by atoms with Gasteiger partial charge in [0.1, 0.15) is 0 Å². The average molecular weight is 186 g/mol. The number of hydrogen-bond donors (Lipinski definition) is 0. The molecular weight excluding hydrogens is 164 g/mol. The number of ether oxygens (including phenoxy) is 1. The Bertz CT molecular complexity index is 141. The zero-order valence-electron chi connectivity index (χ0n) is 9.30. The summed E-state index contributed by atoms with van der Waals surface area (Å²) < 4.78 is 5.06. The van der Waals surface area contributed by atoms with Crippen molar-refractivity contribution in [2.45, 2.75) is 59.5 Å². The van der Waals surface area contributed by atoms with Crippen molar-refractivity contribution in [1.82, 2.24) is 0 Å². The highest BCUT2D eigenvalue weighted by molar-refractivity contribution is 5.69. The predicted molar refractivity (Wildman–Crippen MR) is 54.5 cm³/mol. The maximum atomic E-state index is 11.2. The summed E-state index contributed by atoms with van der Waals surface area (Å²) in [6, 6.07) is 0. The van der Waals surface area contributed by atoms with Crippen molar-refractivity contribution in [3.63, 3.8) is 0 Å². The van der Waals surface area contributed by atoms with Gasteiger partial charge in [-0.1, -0.05) is 33.1 Å². The van der Waals surface area contributed by atoms with Gasteiger partial charge in [-0.3, -0.25) is 4.79 Å². The van der Waals surface area contributed by atoms with Gasteiger partial charge in [-0.15, -0.1) is 0 Å². The summed E-state index contributed by atoms with van der Waals surface area (Å²) in [6.07, 6.45) is 4.12. The number of rotatable bonds is 6. The smallest absolute Gasteiger partial charge is 0.306 e. The first-order chi connectivity index (χ1) is 6.06. The maximum Gasteiger partial charge on any atom is 0.306 e. The molecule has 0 aliphatic heterocycles. The van der Waals surface area contributed by atoms with Gasteiger partial charge in [-0.05, 0) is 19.8 Å². The van der Waals surface area contributed by atoms with E-state index in [-0.39, 0.29) is 12.1 Å². The monoisotopic (exact) mass is 186 g/mol. The molecule has 0 saturated heterocycles. The van der Waals surface area contributed by atoms with E-state index in [0.29, 0.717) is 12.3 Å². The van der Waals surface area contributed by atoms with Gasteiger partial charge < -0.3 is 4.74 Å². The summed E-state index contributed by atoms with van der Waals surface area (Å²) in [7, 11) is 0. The number of hydrogen-bond acceptors (Lipinski definition) is 2. The number of carbonyl (C=O) groups is 1. The standard InChI is InChI=1S/C11H22O2/c1-5-6-7-10(4)8-11(12)13-9(2)3/h9-10H,5-8H2,1-4H3. The molecule has 0 aliphatic rings. The van der Waals surface area contributed by atoms with Crippen molar-refractivity contribution >= 4 is 5.97 Å². The van der Waals surface area contributed by atoms with E-state index in [0.717, 1.165) is 6.42 Å². The topological polar surface area (TPSA) is 26.3 Å². The zero-order valence-corrected chi connectivity index (χ0v) is 9.30. The van der Waals surface area contributed by atoms with E-state index in [4.69, 9.17) is 4.74 Å². The minimum atomic E-state index is -0.0568. The highest BCUT2D eigenvalue weighted by Gasteiger charge is 2.10. The second-order valence-electron chi connectivity index (χ2n) is 3.99. The Morgan fingerprint density at radius 1 is 1.31 bits per heavy atom. The van der Waals surface area contributed by atoms with Crippen LogP contribution in [0.2, 0.25) is 0 Å². The Labute approximate surface area is 81.7 Å². The first-order valence-electron chi connectivity index (χ1n) is 5.25. The molecule has 0 aromatic heterocycles. The predicted octanol–water partition coefficient (Wildman–Crippen LogP) is 3.15. The molecular formula is C11H22O2. The van der Waals surface area contributed by atoms with Gasteiger partial charge in [-0.25, -0.2) is 0 Å². The van der Waals surface area contributed by atoms with Crippen LogP contribution in [0.15, 0.2) is 0 Å². The van der Waals surface area contributed by atoms with Crippen LogP contribution in [-0.4, -0.2) is 12.1 Å². The highest BCUT2D eigenvalue weighted by atomic mass is 16.5. The van der Waals surface area contributed by atoms with Crippen molar-refractivity contribution in [2.75, 3.05) is 0 Å². The minimum Gasteiger partial charge on any atom is -0.463 e. The highest BCUT2D eigenvalue weighted by Crippen LogP contribution is 2.12. The van der Waals surface area contributed by atoms with Gasteiger partial charge >= 0.3 is 5.97 Å². The van der Waals surface area contributed by atoms with E-state index in [1.165, 1.54) is 12.8 Å². The number of carbonyl (C=O) groups excluding carboxylic acids is 1. The minimum absolute atomic E-state index is 0.0193. The van der Waals surface area contributed by atoms with Crippen LogP contribution < -0.4 is 0 Å². The molecule has 1 unspecified atom stereocenters. The first kappa shape index (κ1) is 12.5. The van der Waals surface area contributed by atoms with Crippen molar-refractivity contribution in [3.05, 3.63) is 0 Å². The Morgan fingerprint density at radius 2 is 1.92 bits per heavy atom. The Morgan fingerprint density at radius 3 is 2.38 bits per heavy atom. The Hall–Kier alpha value is -0.530. The van der Waals surface area contributed by atoms with Gasteiger partial charge in [0.25, 0.3) is 0 Å². The van der Waals surface area contributed by atoms with Crippen LogP contribution in [0.5, 0.6) is 0 Å². The molecule has 0 aromatic carbocycles. The Balaban J connectivity index is 3.53. The van der Waals surface area contributed by atoms with Gasteiger partial charge in [-0.2, -0.15) is 0 Å². The molecule has 1 atom stereocenters. The molecule has 0 N–H and O–H groups in total. The third kappa shape index (κ3) is 7.82. The van der Waals surface area contributed by atoms with Crippen LogP contribution in [0.25, 0.3) is 0 Å². The average Bonchev–Trinajstić information content (AvgIpc) is 1.98. The first-order valence-corrected chi connectivity index (χ1v) is 5.25. The lowest BCUT2D eigenvalue weighted by atomic mass is 10.0. The summed E-state index contributed by atoms with van der Waals surface area (Å²) in [5.41, 5.74) is 0. The third-order valence-corrected chi connectivity index (χ3v) is 1.93. The maximum absolute atomic E-state index is 11.2. The summed E-state index contributed by atoms with van der Waals surface area (Å²) in [6.45, 7) is 8.04. The lowest BCUT2D eigenvalue weighted by Gasteiger charge is -2.12. The molecule has 0 radical (unpaired) electrons. The van der Waals surface area contributed by atoms with Crippen LogP contribution in [0, 0.1) is 5.92 Å². The lowest BCUT2D eigenvalue weighted by molar-refractivity contribution is -0.148. The van der Waals surface area contributed by atoms with Crippen LogP contribution >= 0.6 is 0 Å². The van der Waals surface area contributed by atoms with Gasteiger partial charge in [0.2, 0.25) is 0 Å². The van der Waals surface area contributed by atoms with E-state index in [2.05, 4.69) is 13.8 Å². The molecule has 0 heterocycles. The second kappa shape index (κ2) is 6.93. The van der Waals surface area contributed by atoms with E-state index >= 15 is 0 Å². The van der Waals surface area contributed by atoms with Crippen LogP contribution in [-0.2, 0) is 9.53 Å². The van der Waals surface area contributed by atoms with Gasteiger partial charge in [0.15, 0.2) is 0 Å². The van der Waals surface area contributed by atoms with E-state index in [1.54, 1.807) is 0 Å². The molecule has 0 bridgehead atoms. The molecule has 13 heavy (non-hydrogen) atoms. The molecule has 0 spiro atoms. The summed E-state index contributed by atoms with van der Waals surface area (Å²) in [5.74, 6) is 0.407. The van der Waals surface area contributed by atoms with Crippen molar-refractivity contribution in [3.8, 4) is 0 Å². The van der Waals surface area contributed by atoms with Crippen molar-refractivity contribution < 1.29 is 9.53 Å². The fraction of sp³-hybridized carbons (Fsp3) is 0.909. The van der Waals surface area contributed by atoms with Crippen LogP contribution in [0.3, 0.4) is 0 Å². The number of esters is 1. The van der Waals surface area contributed by atoms with E-state index in [1.807, 2.05) is 13.8 Å². The molecule has 2 heteroatoms. The third-order valence-electron chi connectivity index (χ3n) is 1.93. The summed E-state index contributed by atoms with van der Waals surface area (Å²) >= 11 is 0. The van der Waals surface area contributed by atoms with Gasteiger partial charge in [0, 0.05) is 6.42 Å². The largest absolute Gasteiger partial charge is 0.463 e. The van der Waals surface area contributed by atoms with Crippen LogP contribution in [0.4, 0.5) is 0 Å². The van der Waals surface area contributed by atoms with Gasteiger partial charge in [0.05, 0.1) is 6.10 Å². The normalized spacial score (nSPS) is 13.0. The van der Waals surface area contributed by atoms with Crippen molar-refractivity contribution in [1.29, 1.82) is 0 Å². The molecule has 0 saturated carbocycles. The van der Waals surface area contributed by atoms with E-state index < -0.39 is 0 Å². The molecule has 0 amide bonds. The van der Waals surface area contributed by atoms with Crippen LogP contribution in [0.1, 0.15) is 53.4 Å². The van der Waals surface area contributed by atoms with E-state index in [9.17, 15) is 4.79 Å². The fourth-order valence-electron chi connectivity index (χ4n) is 1.25. The molecule has 0 aliphatic carbocycles. The second-order valence-corrected chi connectivity index (χ2v) is 3.99. The number of unbranched alkanes of at least 4 members (excludes halogenated alkanes) is 1. The summed E-state index contributed by atoms with van der Waals surface area (Å²) in [4.78, 5) is 11.2. The molecule has 0 aromatic rings. The fourth-order valence-corrected chi connectivity index (χ4v) is 1.25. The van der Waals surface area contributed by atoms with Crippen molar-refractivity contribution in [2.24, 2.45) is 5.92 Å². The molecule has 2 nitrogen and oxygen atoms in total. The Kier molecular flexibility index (Phi) is 6.65. The molecule has 78 valence electrons. The molecule has 0 rings (SSSR count). The summed E-state index contributed by atoms with van der Waals surface area (Å²) in [5, 5.41) is 0. The lowest BCUT2D eigenvalue weighted by Crippen LogP contribution is -2.14. The zero-order chi connectivity index (χ0) is 10.3. The SMILES string of the molecule is CCCCC(C)CC(=O)OC(C)C.